The van der Waals surface area contributed by atoms with Crippen LogP contribution in [0.5, 0.6) is 0 Å². The van der Waals surface area contributed by atoms with Crippen LogP contribution in [0.4, 0.5) is 0 Å². The Morgan fingerprint density at radius 1 is 0.789 bits per heavy atom. The molecule has 0 aliphatic rings. The highest BCUT2D eigenvalue weighted by molar-refractivity contribution is 6.03. The lowest BCUT2D eigenvalue weighted by atomic mass is 10.1. The maximum Gasteiger partial charge on any atom is 0.110 e. The molecule has 0 saturated heterocycles. The van der Waals surface area contributed by atoms with Crippen LogP contribution in [-0.2, 0) is 0 Å². The molecule has 0 radical (unpaired) electrons. The van der Waals surface area contributed by atoms with Gasteiger partial charge in [0.1, 0.15) is 5.69 Å². The van der Waals surface area contributed by atoms with Crippen molar-refractivity contribution in [3.8, 4) is 11.4 Å². The smallest absolute Gasteiger partial charge is 0.110 e. The SMILES string of the molecule is c1cnc2c(c1)ccc1ccc(-c3cc[nH]n3)nc12. The van der Waals surface area contributed by atoms with E-state index in [1.54, 1.807) is 12.4 Å². The Morgan fingerprint density at radius 2 is 1.63 bits per heavy atom. The van der Waals surface area contributed by atoms with E-state index >= 15 is 0 Å². The summed E-state index contributed by atoms with van der Waals surface area (Å²) < 4.78 is 0. The number of fused-ring (bicyclic) bond motifs is 3. The zero-order valence-corrected chi connectivity index (χ0v) is 10.0. The van der Waals surface area contributed by atoms with Crippen molar-refractivity contribution in [3.63, 3.8) is 0 Å². The molecule has 1 aromatic carbocycles. The number of hydrogen-bond donors (Lipinski definition) is 1. The number of aromatic amines is 1. The van der Waals surface area contributed by atoms with Gasteiger partial charge < -0.3 is 0 Å². The Bertz CT molecular complexity index is 866. The second-order valence-corrected chi connectivity index (χ2v) is 4.37. The van der Waals surface area contributed by atoms with Crippen molar-refractivity contribution < 1.29 is 0 Å². The highest BCUT2D eigenvalue weighted by atomic mass is 15.1. The van der Waals surface area contributed by atoms with E-state index in [4.69, 9.17) is 4.98 Å². The van der Waals surface area contributed by atoms with E-state index < -0.39 is 0 Å². The third-order valence-corrected chi connectivity index (χ3v) is 3.20. The molecule has 0 unspecified atom stereocenters. The zero-order valence-electron chi connectivity index (χ0n) is 10.0. The minimum atomic E-state index is 0.842. The first-order valence-corrected chi connectivity index (χ1v) is 6.06. The van der Waals surface area contributed by atoms with Crippen LogP contribution in [0.3, 0.4) is 0 Å². The highest BCUT2D eigenvalue weighted by Crippen LogP contribution is 2.24. The summed E-state index contributed by atoms with van der Waals surface area (Å²) in [7, 11) is 0. The molecular formula is C15H10N4. The Balaban J connectivity index is 2.09. The van der Waals surface area contributed by atoms with Crippen molar-refractivity contribution >= 4 is 21.8 Å². The molecule has 0 spiro atoms. The number of pyridine rings is 2. The molecule has 0 fully saturated rings. The van der Waals surface area contributed by atoms with E-state index in [1.807, 2.05) is 24.3 Å². The summed E-state index contributed by atoms with van der Waals surface area (Å²) in [6, 6.07) is 14.1. The fourth-order valence-electron chi connectivity index (χ4n) is 2.27. The quantitative estimate of drug-likeness (QED) is 0.525. The number of nitrogens with zero attached hydrogens (tertiary/aromatic N) is 3. The van der Waals surface area contributed by atoms with Gasteiger partial charge in [0.05, 0.1) is 16.7 Å². The van der Waals surface area contributed by atoms with Gasteiger partial charge in [-0.2, -0.15) is 5.10 Å². The molecule has 3 aromatic heterocycles. The first kappa shape index (κ1) is 10.2. The van der Waals surface area contributed by atoms with Crippen LogP contribution >= 0.6 is 0 Å². The molecule has 0 saturated carbocycles. The maximum atomic E-state index is 4.70. The molecule has 0 bridgehead atoms. The highest BCUT2D eigenvalue weighted by Gasteiger charge is 2.06. The molecule has 3 heterocycles. The molecule has 0 aliphatic heterocycles. The minimum Gasteiger partial charge on any atom is -0.285 e. The van der Waals surface area contributed by atoms with Gasteiger partial charge in [0, 0.05) is 23.2 Å². The van der Waals surface area contributed by atoms with Crippen LogP contribution in [0.15, 0.2) is 54.9 Å². The van der Waals surface area contributed by atoms with E-state index in [0.29, 0.717) is 0 Å². The summed E-state index contributed by atoms with van der Waals surface area (Å²) in [5, 5.41) is 9.16. The van der Waals surface area contributed by atoms with E-state index in [-0.39, 0.29) is 0 Å². The minimum absolute atomic E-state index is 0.842. The summed E-state index contributed by atoms with van der Waals surface area (Å²) in [4.78, 5) is 9.14. The second-order valence-electron chi connectivity index (χ2n) is 4.37. The topological polar surface area (TPSA) is 54.5 Å². The van der Waals surface area contributed by atoms with E-state index in [1.165, 1.54) is 0 Å². The standard InChI is InChI=1S/C15H10N4/c1-2-10-3-4-11-5-6-12(13-7-9-17-19-13)18-15(11)14(10)16-8-1/h1-9H,(H,17,19). The number of hydrogen-bond acceptors (Lipinski definition) is 3. The molecule has 90 valence electrons. The number of H-pyrrole nitrogens is 1. The molecule has 4 rings (SSSR count). The zero-order chi connectivity index (χ0) is 12.7. The second kappa shape index (κ2) is 3.88. The number of rotatable bonds is 1. The van der Waals surface area contributed by atoms with Crippen LogP contribution in [0.25, 0.3) is 33.2 Å². The maximum absolute atomic E-state index is 4.70. The summed E-state index contributed by atoms with van der Waals surface area (Å²) in [5.74, 6) is 0. The van der Waals surface area contributed by atoms with Crippen molar-refractivity contribution in [2.45, 2.75) is 0 Å². The van der Waals surface area contributed by atoms with Crippen LogP contribution < -0.4 is 0 Å². The van der Waals surface area contributed by atoms with Gasteiger partial charge in [-0.3, -0.25) is 10.1 Å². The molecule has 0 amide bonds. The summed E-state index contributed by atoms with van der Waals surface area (Å²) in [6.07, 6.45) is 3.59. The Morgan fingerprint density at radius 3 is 2.47 bits per heavy atom. The molecule has 4 nitrogen and oxygen atoms in total. The fourth-order valence-corrected chi connectivity index (χ4v) is 2.27. The molecular weight excluding hydrogens is 236 g/mol. The van der Waals surface area contributed by atoms with Gasteiger partial charge in [-0.25, -0.2) is 4.98 Å². The van der Waals surface area contributed by atoms with Gasteiger partial charge in [-0.1, -0.05) is 24.3 Å². The monoisotopic (exact) mass is 246 g/mol. The van der Waals surface area contributed by atoms with Gasteiger partial charge in [0.15, 0.2) is 0 Å². The predicted octanol–water partition coefficient (Wildman–Crippen LogP) is 3.17. The summed E-state index contributed by atoms with van der Waals surface area (Å²) in [6.45, 7) is 0. The Kier molecular flexibility index (Phi) is 2.08. The van der Waals surface area contributed by atoms with Gasteiger partial charge >= 0.3 is 0 Å². The van der Waals surface area contributed by atoms with Crippen LogP contribution in [0.2, 0.25) is 0 Å². The van der Waals surface area contributed by atoms with Crippen molar-refractivity contribution in [2.75, 3.05) is 0 Å². The normalized spacial score (nSPS) is 11.2. The first-order chi connectivity index (χ1) is 9.42. The lowest BCUT2D eigenvalue weighted by Crippen LogP contribution is -1.88. The van der Waals surface area contributed by atoms with Gasteiger partial charge in [0.2, 0.25) is 0 Å². The van der Waals surface area contributed by atoms with Crippen molar-refractivity contribution in [2.24, 2.45) is 0 Å². The fraction of sp³-hybridized carbons (Fsp3) is 0. The third-order valence-electron chi connectivity index (χ3n) is 3.20. The first-order valence-electron chi connectivity index (χ1n) is 6.06. The Labute approximate surface area is 109 Å². The van der Waals surface area contributed by atoms with E-state index in [0.717, 1.165) is 33.2 Å². The molecule has 0 aliphatic carbocycles. The van der Waals surface area contributed by atoms with E-state index in [9.17, 15) is 0 Å². The van der Waals surface area contributed by atoms with Crippen molar-refractivity contribution in [1.82, 2.24) is 20.2 Å². The van der Waals surface area contributed by atoms with Gasteiger partial charge in [-0.05, 0) is 18.2 Å². The van der Waals surface area contributed by atoms with Crippen molar-refractivity contribution in [1.29, 1.82) is 0 Å². The lowest BCUT2D eigenvalue weighted by Gasteiger charge is -2.03. The Hall–Kier alpha value is -2.75. The van der Waals surface area contributed by atoms with Gasteiger partial charge in [0.25, 0.3) is 0 Å². The van der Waals surface area contributed by atoms with Crippen LogP contribution in [0, 0.1) is 0 Å². The average Bonchev–Trinajstić information content (AvgIpc) is 3.01. The molecule has 1 N–H and O–H groups in total. The summed E-state index contributed by atoms with van der Waals surface area (Å²) in [5.41, 5.74) is 3.54. The number of nitrogens with one attached hydrogen (secondary N) is 1. The van der Waals surface area contributed by atoms with Gasteiger partial charge in [-0.15, -0.1) is 0 Å². The average molecular weight is 246 g/mol. The predicted molar refractivity (Wildman–Crippen MR) is 74.6 cm³/mol. The van der Waals surface area contributed by atoms with E-state index in [2.05, 4.69) is 33.4 Å². The largest absolute Gasteiger partial charge is 0.285 e. The molecule has 0 atom stereocenters. The van der Waals surface area contributed by atoms with Crippen LogP contribution in [0.1, 0.15) is 0 Å². The van der Waals surface area contributed by atoms with Crippen LogP contribution in [-0.4, -0.2) is 20.2 Å². The third kappa shape index (κ3) is 1.57. The molecule has 19 heavy (non-hydrogen) atoms. The molecule has 4 aromatic rings. The number of aromatic nitrogens is 4. The van der Waals surface area contributed by atoms with Crippen molar-refractivity contribution in [3.05, 3.63) is 54.9 Å². The number of benzene rings is 1. The molecule has 4 heteroatoms. The lowest BCUT2D eigenvalue weighted by molar-refractivity contribution is 1.09. The summed E-state index contributed by atoms with van der Waals surface area (Å²) >= 11 is 0.